The third kappa shape index (κ3) is 5.19. The van der Waals surface area contributed by atoms with Crippen LogP contribution in [-0.2, 0) is 11.3 Å². The van der Waals surface area contributed by atoms with Crippen LogP contribution in [0, 0.1) is 5.92 Å². The Labute approximate surface area is 158 Å². The van der Waals surface area contributed by atoms with E-state index in [1.165, 1.54) is 4.57 Å². The molecule has 0 spiro atoms. The van der Waals surface area contributed by atoms with Crippen molar-refractivity contribution in [3.8, 4) is 0 Å². The summed E-state index contributed by atoms with van der Waals surface area (Å²) >= 11 is 0. The van der Waals surface area contributed by atoms with Gasteiger partial charge in [-0.05, 0) is 24.5 Å². The molecule has 3 N–H and O–H groups in total. The van der Waals surface area contributed by atoms with Gasteiger partial charge in [0, 0.05) is 32.6 Å². The van der Waals surface area contributed by atoms with Gasteiger partial charge in [0.25, 0.3) is 5.56 Å². The number of para-hydroxylation sites is 1. The highest BCUT2D eigenvalue weighted by Crippen LogP contribution is 2.08. The van der Waals surface area contributed by atoms with Crippen LogP contribution in [0.15, 0.2) is 33.9 Å². The fraction of sp³-hybridized carbons (Fsp3) is 0.500. The molecule has 1 amide bonds. The van der Waals surface area contributed by atoms with E-state index in [-0.39, 0.29) is 37.3 Å². The third-order valence-corrected chi connectivity index (χ3v) is 4.53. The maximum Gasteiger partial charge on any atom is 0.328 e. The number of nitrogens with zero attached hydrogens (tertiary/aromatic N) is 2. The van der Waals surface area contributed by atoms with E-state index < -0.39 is 11.2 Å². The Bertz CT molecular complexity index is 859. The number of fused-ring (bicyclic) bond motifs is 1. The Kier molecular flexibility index (Phi) is 8.05. The normalized spacial score (nSPS) is 12.0. The first-order chi connectivity index (χ1) is 11.8. The molecule has 0 aliphatic rings. The number of carbonyl (C=O) groups excluding carboxylic acids is 1. The number of nitrogens with two attached hydrogens (primary N) is 1. The quantitative estimate of drug-likeness (QED) is 0.754. The average Bonchev–Trinajstić information content (AvgIpc) is 2.58. The minimum absolute atomic E-state index is 0. The number of rotatable bonds is 7. The van der Waals surface area contributed by atoms with Gasteiger partial charge in [0.15, 0.2) is 0 Å². The van der Waals surface area contributed by atoms with Crippen LogP contribution >= 0.6 is 12.4 Å². The van der Waals surface area contributed by atoms with E-state index in [2.05, 4.69) is 18.8 Å². The van der Waals surface area contributed by atoms with Crippen LogP contribution in [0.5, 0.6) is 0 Å². The summed E-state index contributed by atoms with van der Waals surface area (Å²) in [6.45, 7) is 4.91. The standard InChI is InChI=1S/C18H26N4O3.ClH/c1-12(2)14(19)8-10-21(3)16(23)9-11-22-15-7-5-4-6-13(15)17(24)20-18(22)25;/h4-7,12,14H,8-11,19H2,1-3H3,(H,20,24,25);1H. The molecule has 2 rings (SSSR count). The van der Waals surface area contributed by atoms with Gasteiger partial charge in [-0.15, -0.1) is 12.4 Å². The predicted molar refractivity (Wildman–Crippen MR) is 106 cm³/mol. The zero-order chi connectivity index (χ0) is 18.6. The maximum atomic E-state index is 12.3. The van der Waals surface area contributed by atoms with Gasteiger partial charge in [-0.3, -0.25) is 19.1 Å². The predicted octanol–water partition coefficient (Wildman–Crippen LogP) is 1.33. The average molecular weight is 383 g/mol. The highest BCUT2D eigenvalue weighted by atomic mass is 35.5. The molecule has 2 aromatic rings. The Hall–Kier alpha value is -2.12. The molecule has 7 nitrogen and oxygen atoms in total. The molecular weight excluding hydrogens is 356 g/mol. The fourth-order valence-corrected chi connectivity index (χ4v) is 2.66. The van der Waals surface area contributed by atoms with Crippen LogP contribution < -0.4 is 17.0 Å². The number of hydrogen-bond donors (Lipinski definition) is 2. The third-order valence-electron chi connectivity index (χ3n) is 4.53. The Morgan fingerprint density at radius 1 is 1.27 bits per heavy atom. The van der Waals surface area contributed by atoms with Crippen molar-refractivity contribution in [1.29, 1.82) is 0 Å². The van der Waals surface area contributed by atoms with Crippen molar-refractivity contribution < 1.29 is 4.79 Å². The lowest BCUT2D eigenvalue weighted by molar-refractivity contribution is -0.130. The molecule has 1 atom stereocenters. The molecule has 8 heteroatoms. The first-order valence-electron chi connectivity index (χ1n) is 8.52. The molecule has 1 unspecified atom stereocenters. The number of H-pyrrole nitrogens is 1. The lowest BCUT2D eigenvalue weighted by Crippen LogP contribution is -2.36. The minimum Gasteiger partial charge on any atom is -0.346 e. The second kappa shape index (κ2) is 9.54. The van der Waals surface area contributed by atoms with E-state index in [0.717, 1.165) is 6.42 Å². The number of hydrogen-bond acceptors (Lipinski definition) is 4. The molecule has 0 saturated carbocycles. The summed E-state index contributed by atoms with van der Waals surface area (Å²) in [6, 6.07) is 6.93. The van der Waals surface area contributed by atoms with Gasteiger partial charge < -0.3 is 10.6 Å². The summed E-state index contributed by atoms with van der Waals surface area (Å²) in [5, 5.41) is 0.436. The summed E-state index contributed by atoms with van der Waals surface area (Å²) in [4.78, 5) is 40.2. The van der Waals surface area contributed by atoms with Gasteiger partial charge in [-0.25, -0.2) is 4.79 Å². The Morgan fingerprint density at radius 2 is 1.92 bits per heavy atom. The molecule has 0 aliphatic heterocycles. The van der Waals surface area contributed by atoms with Crippen molar-refractivity contribution in [2.75, 3.05) is 13.6 Å². The number of amides is 1. The van der Waals surface area contributed by atoms with E-state index in [1.807, 2.05) is 0 Å². The van der Waals surface area contributed by atoms with Crippen molar-refractivity contribution in [3.63, 3.8) is 0 Å². The molecule has 26 heavy (non-hydrogen) atoms. The van der Waals surface area contributed by atoms with Gasteiger partial charge in [-0.2, -0.15) is 0 Å². The topological polar surface area (TPSA) is 101 Å². The van der Waals surface area contributed by atoms with Gasteiger partial charge in [0.05, 0.1) is 10.9 Å². The summed E-state index contributed by atoms with van der Waals surface area (Å²) in [5.41, 5.74) is 5.63. The first kappa shape index (κ1) is 21.9. The number of aromatic nitrogens is 2. The second-order valence-electron chi connectivity index (χ2n) is 6.69. The molecule has 0 radical (unpaired) electrons. The van der Waals surface area contributed by atoms with E-state index in [9.17, 15) is 14.4 Å². The highest BCUT2D eigenvalue weighted by Gasteiger charge is 2.14. The summed E-state index contributed by atoms with van der Waals surface area (Å²) in [5.74, 6) is 0.313. The van der Waals surface area contributed by atoms with Gasteiger partial charge in [-0.1, -0.05) is 26.0 Å². The van der Waals surface area contributed by atoms with E-state index in [4.69, 9.17) is 5.73 Å². The van der Waals surface area contributed by atoms with Crippen LogP contribution in [0.3, 0.4) is 0 Å². The molecule has 144 valence electrons. The molecule has 1 heterocycles. The van der Waals surface area contributed by atoms with Crippen molar-refractivity contribution in [3.05, 3.63) is 45.1 Å². The van der Waals surface area contributed by atoms with Crippen LogP contribution in [0.25, 0.3) is 10.9 Å². The van der Waals surface area contributed by atoms with Crippen molar-refractivity contribution in [2.24, 2.45) is 11.7 Å². The lowest BCUT2D eigenvalue weighted by Gasteiger charge is -2.21. The monoisotopic (exact) mass is 382 g/mol. The fourth-order valence-electron chi connectivity index (χ4n) is 2.66. The van der Waals surface area contributed by atoms with Gasteiger partial charge >= 0.3 is 5.69 Å². The van der Waals surface area contributed by atoms with E-state index in [0.29, 0.717) is 23.4 Å². The van der Waals surface area contributed by atoms with Crippen LogP contribution in [0.4, 0.5) is 0 Å². The zero-order valence-corrected chi connectivity index (χ0v) is 16.2. The van der Waals surface area contributed by atoms with E-state index >= 15 is 0 Å². The lowest BCUT2D eigenvalue weighted by atomic mass is 10.0. The number of benzene rings is 1. The summed E-state index contributed by atoms with van der Waals surface area (Å²) < 4.78 is 1.43. The number of halogens is 1. The number of nitrogens with one attached hydrogen (secondary N) is 1. The van der Waals surface area contributed by atoms with Gasteiger partial charge in [0.1, 0.15) is 0 Å². The second-order valence-corrected chi connectivity index (χ2v) is 6.69. The molecular formula is C18H27ClN4O3. The smallest absolute Gasteiger partial charge is 0.328 e. The zero-order valence-electron chi connectivity index (χ0n) is 15.4. The summed E-state index contributed by atoms with van der Waals surface area (Å²) in [6.07, 6.45) is 0.921. The van der Waals surface area contributed by atoms with E-state index in [1.54, 1.807) is 36.2 Å². The molecule has 0 bridgehead atoms. The molecule has 0 saturated heterocycles. The number of carbonyl (C=O) groups is 1. The largest absolute Gasteiger partial charge is 0.346 e. The SMILES string of the molecule is CC(C)C(N)CCN(C)C(=O)CCn1c(=O)[nH]c(=O)c2ccccc21.Cl. The molecule has 0 aliphatic carbocycles. The van der Waals surface area contributed by atoms with Crippen LogP contribution in [0.2, 0.25) is 0 Å². The van der Waals surface area contributed by atoms with Crippen molar-refractivity contribution >= 4 is 29.2 Å². The van der Waals surface area contributed by atoms with Crippen LogP contribution in [-0.4, -0.2) is 40.0 Å². The van der Waals surface area contributed by atoms with Crippen LogP contribution in [0.1, 0.15) is 26.7 Å². The molecule has 1 aromatic carbocycles. The Balaban J connectivity index is 0.00000338. The first-order valence-corrected chi connectivity index (χ1v) is 8.52. The summed E-state index contributed by atoms with van der Waals surface area (Å²) in [7, 11) is 1.74. The molecule has 1 aromatic heterocycles. The Morgan fingerprint density at radius 3 is 2.58 bits per heavy atom. The van der Waals surface area contributed by atoms with Crippen molar-refractivity contribution in [1.82, 2.24) is 14.5 Å². The minimum atomic E-state index is -0.499. The molecule has 0 fully saturated rings. The number of aryl methyl sites for hydroxylation is 1. The maximum absolute atomic E-state index is 12.3. The van der Waals surface area contributed by atoms with Gasteiger partial charge in [0.2, 0.25) is 5.91 Å². The highest BCUT2D eigenvalue weighted by molar-refractivity contribution is 5.85. The van der Waals surface area contributed by atoms with Crippen molar-refractivity contribution in [2.45, 2.75) is 39.3 Å². The number of aromatic amines is 1.